The van der Waals surface area contributed by atoms with Crippen molar-refractivity contribution in [1.29, 1.82) is 0 Å². The number of fused-ring (bicyclic) bond motifs is 1. The lowest BCUT2D eigenvalue weighted by Crippen LogP contribution is -2.61. The van der Waals surface area contributed by atoms with Crippen LogP contribution in [0.4, 0.5) is 9.59 Å². The van der Waals surface area contributed by atoms with E-state index in [0.29, 0.717) is 13.0 Å². The Morgan fingerprint density at radius 2 is 1.55 bits per heavy atom. The topological polar surface area (TPSA) is 189 Å². The number of ether oxygens (including phenoxy) is 1. The van der Waals surface area contributed by atoms with Gasteiger partial charge >= 0.3 is 12.1 Å². The Bertz CT molecular complexity index is 1220. The van der Waals surface area contributed by atoms with Crippen LogP contribution in [0.15, 0.2) is 0 Å². The summed E-state index contributed by atoms with van der Waals surface area (Å²) in [6.45, 7) is 13.8. The number of carbonyl (C=O) groups is 6. The SMILES string of the molecule is CC(C)NC(=O)OC[C@@H](NC(=O)N[C@H](C(=O)N1C[C@H]2C(C1C(=O)NC(CC1CCC1)C(=O)C(N)=O)C2(C)C)C1CCCC1)C(C)(C)C. The zero-order valence-corrected chi connectivity index (χ0v) is 29.1. The summed E-state index contributed by atoms with van der Waals surface area (Å²) >= 11 is 0. The fraction of sp³-hybridized carbons (Fsp3) is 0.824. The summed E-state index contributed by atoms with van der Waals surface area (Å²) < 4.78 is 5.39. The van der Waals surface area contributed by atoms with Crippen molar-refractivity contribution in [2.24, 2.45) is 40.2 Å². The predicted octanol–water partition coefficient (Wildman–Crippen LogP) is 2.61. The second kappa shape index (κ2) is 14.4. The number of rotatable bonds is 13. The molecule has 4 fully saturated rings. The van der Waals surface area contributed by atoms with Gasteiger partial charge < -0.3 is 36.6 Å². The first-order valence-electron chi connectivity index (χ1n) is 17.4. The highest BCUT2D eigenvalue weighted by Crippen LogP contribution is 2.65. The Balaban J connectivity index is 1.50. The smallest absolute Gasteiger partial charge is 0.407 e. The number of amides is 6. The van der Waals surface area contributed by atoms with Gasteiger partial charge in [0.25, 0.3) is 5.91 Å². The maximum absolute atomic E-state index is 14.4. The van der Waals surface area contributed by atoms with Crippen molar-refractivity contribution in [3.05, 3.63) is 0 Å². The summed E-state index contributed by atoms with van der Waals surface area (Å²) in [6.07, 6.45) is 6.04. The number of likely N-dealkylation sites (tertiary alicyclic amines) is 1. The standard InChI is InChI=1S/C34H56N6O7/c1-18(2)36-32(46)47-17-23(33(3,4)5)38-31(45)39-25(20-13-8-9-14-20)30(44)40-16-21-24(34(21,6)7)26(40)29(43)37-22(27(41)28(35)42)15-19-11-10-12-19/h18-26H,8-17H2,1-7H3,(H2,35,42)(H,36,46)(H,37,43)(H2,38,39,45)/t21-,22?,23+,24?,25-,26?/m0/s1. The number of ketones is 1. The second-order valence-electron chi connectivity index (χ2n) is 16.2. The minimum absolute atomic E-state index is 0.0592. The van der Waals surface area contributed by atoms with Crippen molar-refractivity contribution >= 4 is 35.6 Å². The summed E-state index contributed by atoms with van der Waals surface area (Å²) in [7, 11) is 0. The van der Waals surface area contributed by atoms with Gasteiger partial charge in [0.05, 0.1) is 12.1 Å². The summed E-state index contributed by atoms with van der Waals surface area (Å²) in [5.41, 5.74) is 4.71. The Morgan fingerprint density at radius 3 is 2.09 bits per heavy atom. The third-order valence-corrected chi connectivity index (χ3v) is 11.0. The van der Waals surface area contributed by atoms with Gasteiger partial charge in [0, 0.05) is 12.6 Å². The molecule has 1 heterocycles. The van der Waals surface area contributed by atoms with Gasteiger partial charge in [-0.05, 0) is 67.6 Å². The van der Waals surface area contributed by atoms with E-state index in [4.69, 9.17) is 10.5 Å². The Hall–Kier alpha value is -3.38. The van der Waals surface area contributed by atoms with Crippen LogP contribution < -0.4 is 27.0 Å². The molecule has 0 aromatic rings. The zero-order valence-electron chi connectivity index (χ0n) is 29.1. The third-order valence-electron chi connectivity index (χ3n) is 11.0. The van der Waals surface area contributed by atoms with Crippen molar-refractivity contribution in [2.75, 3.05) is 13.2 Å². The van der Waals surface area contributed by atoms with Gasteiger partial charge in [0.2, 0.25) is 17.6 Å². The van der Waals surface area contributed by atoms with Crippen LogP contribution in [0, 0.1) is 34.5 Å². The highest BCUT2D eigenvalue weighted by atomic mass is 16.5. The van der Waals surface area contributed by atoms with E-state index in [1.807, 2.05) is 34.6 Å². The van der Waals surface area contributed by atoms with E-state index < -0.39 is 59.3 Å². The minimum Gasteiger partial charge on any atom is -0.447 e. The van der Waals surface area contributed by atoms with Crippen LogP contribution in [0.25, 0.3) is 0 Å². The number of nitrogens with one attached hydrogen (secondary N) is 4. The Morgan fingerprint density at radius 1 is 0.915 bits per heavy atom. The number of hydrogen-bond acceptors (Lipinski definition) is 7. The zero-order chi connectivity index (χ0) is 34.8. The van der Waals surface area contributed by atoms with E-state index in [-0.39, 0.29) is 47.6 Å². The van der Waals surface area contributed by atoms with Crippen LogP contribution in [-0.2, 0) is 23.9 Å². The largest absolute Gasteiger partial charge is 0.447 e. The monoisotopic (exact) mass is 660 g/mol. The molecule has 1 aliphatic heterocycles. The number of nitrogens with zero attached hydrogens (tertiary/aromatic N) is 1. The molecular formula is C34H56N6O7. The number of Topliss-reactive ketones (excluding diaryl/α,β-unsaturated/α-hetero) is 1. The molecule has 3 aliphatic carbocycles. The summed E-state index contributed by atoms with van der Waals surface area (Å²) in [5.74, 6) is -2.60. The van der Waals surface area contributed by atoms with Gasteiger partial charge in [-0.1, -0.05) is 66.7 Å². The van der Waals surface area contributed by atoms with Crippen molar-refractivity contribution in [3.63, 3.8) is 0 Å². The Kier molecular flexibility index (Phi) is 11.2. The molecule has 6 amide bonds. The molecule has 0 bridgehead atoms. The van der Waals surface area contributed by atoms with Crippen molar-refractivity contribution in [3.8, 4) is 0 Å². The van der Waals surface area contributed by atoms with Gasteiger partial charge in [-0.3, -0.25) is 19.2 Å². The average molecular weight is 661 g/mol. The molecule has 6 atom stereocenters. The lowest BCUT2D eigenvalue weighted by Gasteiger charge is -2.36. The number of hydrogen-bond donors (Lipinski definition) is 5. The minimum atomic E-state index is -1.09. The summed E-state index contributed by atoms with van der Waals surface area (Å²) in [4.78, 5) is 80.2. The number of piperidine rings is 1. The first kappa shape index (κ1) is 36.5. The van der Waals surface area contributed by atoms with Crippen molar-refractivity contribution < 1.29 is 33.5 Å². The molecule has 3 unspecified atom stereocenters. The van der Waals surface area contributed by atoms with Crippen LogP contribution in [-0.4, -0.2) is 83.9 Å². The van der Waals surface area contributed by atoms with Crippen LogP contribution in [0.3, 0.4) is 0 Å². The van der Waals surface area contributed by atoms with Crippen LogP contribution in [0.2, 0.25) is 0 Å². The number of nitrogens with two attached hydrogens (primary N) is 1. The highest BCUT2D eigenvalue weighted by Gasteiger charge is 2.69. The van der Waals surface area contributed by atoms with Crippen LogP contribution in [0.5, 0.6) is 0 Å². The van der Waals surface area contributed by atoms with E-state index in [1.54, 1.807) is 4.90 Å². The molecule has 13 nitrogen and oxygen atoms in total. The van der Waals surface area contributed by atoms with Gasteiger partial charge in [-0.15, -0.1) is 0 Å². The van der Waals surface area contributed by atoms with E-state index in [9.17, 15) is 28.8 Å². The van der Waals surface area contributed by atoms with E-state index in [1.165, 1.54) is 0 Å². The molecule has 4 rings (SSSR count). The molecule has 0 aromatic carbocycles. The lowest BCUT2D eigenvalue weighted by atomic mass is 9.80. The second-order valence-corrected chi connectivity index (χ2v) is 16.2. The fourth-order valence-corrected chi connectivity index (χ4v) is 7.67. The molecule has 4 aliphatic rings. The van der Waals surface area contributed by atoms with Crippen molar-refractivity contribution in [2.45, 2.75) is 130 Å². The number of alkyl carbamates (subject to hydrolysis) is 1. The van der Waals surface area contributed by atoms with Gasteiger partial charge in [-0.2, -0.15) is 0 Å². The van der Waals surface area contributed by atoms with Gasteiger partial charge in [-0.25, -0.2) is 9.59 Å². The van der Waals surface area contributed by atoms with Crippen LogP contribution >= 0.6 is 0 Å². The Labute approximate surface area is 278 Å². The first-order valence-corrected chi connectivity index (χ1v) is 17.4. The molecule has 0 spiro atoms. The van der Waals surface area contributed by atoms with Crippen LogP contribution in [0.1, 0.15) is 99.8 Å². The quantitative estimate of drug-likeness (QED) is 0.188. The van der Waals surface area contributed by atoms with E-state index in [2.05, 4.69) is 35.1 Å². The average Bonchev–Trinajstić information content (AvgIpc) is 3.39. The number of carbonyl (C=O) groups excluding carboxylic acids is 6. The molecule has 47 heavy (non-hydrogen) atoms. The molecule has 3 saturated carbocycles. The maximum atomic E-state index is 14.4. The number of primary amides is 1. The lowest BCUT2D eigenvalue weighted by molar-refractivity contribution is -0.144. The normalized spacial score (nSPS) is 25.5. The third kappa shape index (κ3) is 8.56. The number of urea groups is 1. The molecule has 264 valence electrons. The molecular weight excluding hydrogens is 604 g/mol. The molecule has 0 radical (unpaired) electrons. The molecule has 13 heteroatoms. The predicted molar refractivity (Wildman–Crippen MR) is 175 cm³/mol. The van der Waals surface area contributed by atoms with Gasteiger partial charge in [0.1, 0.15) is 18.7 Å². The van der Waals surface area contributed by atoms with E-state index in [0.717, 1.165) is 44.9 Å². The van der Waals surface area contributed by atoms with Gasteiger partial charge in [0.15, 0.2) is 0 Å². The summed E-state index contributed by atoms with van der Waals surface area (Å²) in [6, 6.07) is -3.93. The fourth-order valence-electron chi connectivity index (χ4n) is 7.67. The maximum Gasteiger partial charge on any atom is 0.407 e. The highest BCUT2D eigenvalue weighted by molar-refractivity contribution is 6.37. The molecule has 6 N–H and O–H groups in total. The van der Waals surface area contributed by atoms with Crippen molar-refractivity contribution in [1.82, 2.24) is 26.2 Å². The summed E-state index contributed by atoms with van der Waals surface area (Å²) in [5, 5.41) is 11.3. The molecule has 1 saturated heterocycles. The molecule has 0 aromatic heterocycles. The van der Waals surface area contributed by atoms with E-state index >= 15 is 0 Å². The first-order chi connectivity index (χ1) is 21.9.